The molecule has 2 atom stereocenters. The monoisotopic (exact) mass is 518 g/mol. The Labute approximate surface area is 216 Å². The first kappa shape index (κ1) is 26.2. The molecule has 10 nitrogen and oxygen atoms in total. The lowest BCUT2D eigenvalue weighted by Crippen LogP contribution is -2.61. The van der Waals surface area contributed by atoms with Gasteiger partial charge in [0.05, 0.1) is 28.4 Å². The SMILES string of the molecule is COC(=O)C1=C2C=CC=CC=C2[C@@](C(=O)OC)([C@]2(C(=O)OC)C(=O)C(C(=O)OC)=C3C=CC=CC=C32)C1=O. The molecular formula is C28H22O10. The lowest BCUT2D eigenvalue weighted by molar-refractivity contribution is -0.175. The fourth-order valence-electron chi connectivity index (χ4n) is 5.42. The van der Waals surface area contributed by atoms with E-state index in [0.29, 0.717) is 0 Å². The first-order chi connectivity index (χ1) is 18.2. The van der Waals surface area contributed by atoms with Crippen LogP contribution in [-0.2, 0) is 47.7 Å². The van der Waals surface area contributed by atoms with E-state index in [1.54, 1.807) is 12.2 Å². The van der Waals surface area contributed by atoms with Gasteiger partial charge in [-0.05, 0) is 22.3 Å². The number of carbonyl (C=O) groups is 6. The van der Waals surface area contributed by atoms with Crippen molar-refractivity contribution in [2.24, 2.45) is 10.8 Å². The number of esters is 4. The van der Waals surface area contributed by atoms with Crippen LogP contribution in [0.4, 0.5) is 0 Å². The van der Waals surface area contributed by atoms with Crippen LogP contribution in [0.15, 0.2) is 94.2 Å². The molecule has 0 aliphatic heterocycles. The van der Waals surface area contributed by atoms with Crippen LogP contribution in [0.2, 0.25) is 0 Å². The Bertz CT molecular complexity index is 1350. The largest absolute Gasteiger partial charge is 0.468 e. The van der Waals surface area contributed by atoms with Crippen molar-refractivity contribution >= 4 is 35.4 Å². The fraction of sp³-hybridized carbons (Fsp3) is 0.214. The normalized spacial score (nSPS) is 25.3. The molecule has 0 aromatic rings. The summed E-state index contributed by atoms with van der Waals surface area (Å²) >= 11 is 0. The third-order valence-corrected chi connectivity index (χ3v) is 6.88. The van der Waals surface area contributed by atoms with E-state index < -0.39 is 57.4 Å². The highest BCUT2D eigenvalue weighted by molar-refractivity contribution is 6.40. The number of rotatable bonds is 5. The molecule has 4 aliphatic rings. The number of allylic oxidation sites excluding steroid dienone is 12. The summed E-state index contributed by atoms with van der Waals surface area (Å²) in [4.78, 5) is 82.7. The Morgan fingerprint density at radius 1 is 0.553 bits per heavy atom. The maximum atomic E-state index is 14.5. The summed E-state index contributed by atoms with van der Waals surface area (Å²) < 4.78 is 19.9. The number of ether oxygens (including phenoxy) is 4. The van der Waals surface area contributed by atoms with Crippen molar-refractivity contribution in [1.82, 2.24) is 0 Å². The summed E-state index contributed by atoms with van der Waals surface area (Å²) in [6.07, 6.45) is 14.5. The molecule has 0 bridgehead atoms. The molecule has 0 aromatic carbocycles. The van der Waals surface area contributed by atoms with Crippen LogP contribution in [0.5, 0.6) is 0 Å². The van der Waals surface area contributed by atoms with Gasteiger partial charge in [-0.1, -0.05) is 60.8 Å². The summed E-state index contributed by atoms with van der Waals surface area (Å²) in [5.74, 6) is -7.30. The highest BCUT2D eigenvalue weighted by atomic mass is 16.5. The van der Waals surface area contributed by atoms with Crippen LogP contribution in [0.25, 0.3) is 0 Å². The van der Waals surface area contributed by atoms with Gasteiger partial charge in [0.15, 0.2) is 22.4 Å². The van der Waals surface area contributed by atoms with Crippen molar-refractivity contribution in [2.45, 2.75) is 0 Å². The van der Waals surface area contributed by atoms with Crippen molar-refractivity contribution in [1.29, 1.82) is 0 Å². The molecule has 4 aliphatic carbocycles. The van der Waals surface area contributed by atoms with E-state index in [4.69, 9.17) is 18.9 Å². The van der Waals surface area contributed by atoms with E-state index in [1.807, 2.05) is 0 Å². The number of methoxy groups -OCH3 is 4. The van der Waals surface area contributed by atoms with Gasteiger partial charge >= 0.3 is 23.9 Å². The van der Waals surface area contributed by atoms with Crippen LogP contribution in [0.3, 0.4) is 0 Å². The minimum Gasteiger partial charge on any atom is -0.468 e. The molecule has 0 spiro atoms. The fourth-order valence-corrected chi connectivity index (χ4v) is 5.42. The van der Waals surface area contributed by atoms with E-state index in [0.717, 1.165) is 28.4 Å². The molecule has 0 radical (unpaired) electrons. The van der Waals surface area contributed by atoms with E-state index in [9.17, 15) is 28.8 Å². The standard InChI is InChI=1S/C28H22O10/c1-35-23(31)19-15-11-7-5-9-13-17(15)27(21(19)29,25(33)37-3)28(26(34)38-4)18-14-10-6-8-12-16(18)20(22(28)30)24(32)36-2/h5-14H,1-4H3/t27-,28+. The number of Topliss-reactive ketones (excluding diaryl/α,β-unsaturated/α-hetero) is 2. The summed E-state index contributed by atoms with van der Waals surface area (Å²) in [5.41, 5.74) is -7.25. The van der Waals surface area contributed by atoms with Crippen molar-refractivity contribution in [3.63, 3.8) is 0 Å². The van der Waals surface area contributed by atoms with Gasteiger partial charge in [-0.15, -0.1) is 0 Å². The molecule has 0 heterocycles. The van der Waals surface area contributed by atoms with Gasteiger partial charge < -0.3 is 18.9 Å². The molecule has 0 amide bonds. The number of hydrogen-bond donors (Lipinski definition) is 0. The zero-order valence-electron chi connectivity index (χ0n) is 20.9. The predicted molar refractivity (Wildman–Crippen MR) is 130 cm³/mol. The van der Waals surface area contributed by atoms with Gasteiger partial charge in [0.2, 0.25) is 0 Å². The maximum Gasteiger partial charge on any atom is 0.342 e. The van der Waals surface area contributed by atoms with E-state index in [1.165, 1.54) is 48.6 Å². The Kier molecular flexibility index (Phi) is 6.58. The van der Waals surface area contributed by atoms with Gasteiger partial charge in [-0.2, -0.15) is 0 Å². The molecule has 0 fully saturated rings. The summed E-state index contributed by atoms with van der Waals surface area (Å²) in [7, 11) is 4.02. The minimum absolute atomic E-state index is 0.0540. The zero-order chi connectivity index (χ0) is 27.8. The Morgan fingerprint density at radius 3 is 1.24 bits per heavy atom. The maximum absolute atomic E-state index is 14.5. The molecular weight excluding hydrogens is 496 g/mol. The highest BCUT2D eigenvalue weighted by Gasteiger charge is 2.79. The second-order valence-corrected chi connectivity index (χ2v) is 8.35. The first-order valence-electron chi connectivity index (χ1n) is 11.2. The van der Waals surface area contributed by atoms with Crippen LogP contribution in [0, 0.1) is 10.8 Å². The Balaban J connectivity index is 2.25. The first-order valence-corrected chi connectivity index (χ1v) is 11.2. The average Bonchev–Trinajstić information content (AvgIpc) is 3.13. The van der Waals surface area contributed by atoms with Gasteiger partial charge in [-0.25, -0.2) is 9.59 Å². The quantitative estimate of drug-likeness (QED) is 0.228. The average molecular weight is 518 g/mol. The number of ketones is 2. The van der Waals surface area contributed by atoms with Gasteiger partial charge in [0, 0.05) is 0 Å². The van der Waals surface area contributed by atoms with Crippen LogP contribution >= 0.6 is 0 Å². The van der Waals surface area contributed by atoms with Gasteiger partial charge in [0.1, 0.15) is 11.1 Å². The topological polar surface area (TPSA) is 139 Å². The van der Waals surface area contributed by atoms with E-state index in [2.05, 4.69) is 0 Å². The molecule has 0 aromatic heterocycles. The number of carbonyl (C=O) groups excluding carboxylic acids is 6. The van der Waals surface area contributed by atoms with Gasteiger partial charge in [-0.3, -0.25) is 19.2 Å². The number of fused-ring (bicyclic) bond motifs is 2. The second kappa shape index (κ2) is 9.55. The predicted octanol–water partition coefficient (Wildman–Crippen LogP) is 1.51. The molecule has 0 unspecified atom stereocenters. The Hall–Kier alpha value is -4.86. The van der Waals surface area contributed by atoms with E-state index >= 15 is 0 Å². The van der Waals surface area contributed by atoms with Crippen molar-refractivity contribution < 1.29 is 47.7 Å². The van der Waals surface area contributed by atoms with Crippen molar-refractivity contribution in [3.8, 4) is 0 Å². The molecule has 194 valence electrons. The van der Waals surface area contributed by atoms with Gasteiger partial charge in [0.25, 0.3) is 0 Å². The molecule has 0 N–H and O–H groups in total. The molecule has 4 rings (SSSR count). The summed E-state index contributed by atoms with van der Waals surface area (Å²) in [5, 5.41) is 0. The molecule has 38 heavy (non-hydrogen) atoms. The van der Waals surface area contributed by atoms with Crippen LogP contribution in [-0.4, -0.2) is 63.9 Å². The minimum atomic E-state index is -2.82. The molecule has 0 saturated carbocycles. The lowest BCUT2D eigenvalue weighted by atomic mass is 9.54. The third kappa shape index (κ3) is 3.06. The molecule has 10 heteroatoms. The molecule has 0 saturated heterocycles. The number of hydrogen-bond acceptors (Lipinski definition) is 10. The van der Waals surface area contributed by atoms with Crippen LogP contribution < -0.4 is 0 Å². The second-order valence-electron chi connectivity index (χ2n) is 8.35. The summed E-state index contributed by atoms with van der Waals surface area (Å²) in [6, 6.07) is 0. The highest BCUT2D eigenvalue weighted by Crippen LogP contribution is 2.64. The smallest absolute Gasteiger partial charge is 0.342 e. The zero-order valence-corrected chi connectivity index (χ0v) is 20.9. The van der Waals surface area contributed by atoms with Crippen molar-refractivity contribution in [3.05, 3.63) is 94.2 Å². The Morgan fingerprint density at radius 2 is 0.921 bits per heavy atom. The van der Waals surface area contributed by atoms with E-state index in [-0.39, 0.29) is 22.3 Å². The van der Waals surface area contributed by atoms with Crippen molar-refractivity contribution in [2.75, 3.05) is 28.4 Å². The van der Waals surface area contributed by atoms with Crippen LogP contribution in [0.1, 0.15) is 0 Å². The lowest BCUT2D eigenvalue weighted by Gasteiger charge is -2.42. The summed E-state index contributed by atoms with van der Waals surface area (Å²) in [6.45, 7) is 0. The third-order valence-electron chi connectivity index (χ3n) is 6.88.